The molecule has 1 aromatic heterocycles. The average Bonchev–Trinajstić information content (AvgIpc) is 2.37. The fraction of sp³-hybridized carbons (Fsp3) is 0.667. The number of halogens is 4. The zero-order chi connectivity index (χ0) is 15.6. The van der Waals surface area contributed by atoms with E-state index in [9.17, 15) is 18.0 Å². The van der Waals surface area contributed by atoms with Crippen LogP contribution in [-0.2, 0) is 11.3 Å². The van der Waals surface area contributed by atoms with Crippen LogP contribution < -0.4 is 10.9 Å². The lowest BCUT2D eigenvalue weighted by atomic mass is 10.0. The fourth-order valence-corrected chi connectivity index (χ4v) is 2.62. The zero-order valence-corrected chi connectivity index (χ0v) is 12.9. The third-order valence-corrected chi connectivity index (χ3v) is 3.93. The van der Waals surface area contributed by atoms with Crippen molar-refractivity contribution in [2.45, 2.75) is 44.6 Å². The lowest BCUT2D eigenvalue weighted by Crippen LogP contribution is -2.34. The van der Waals surface area contributed by atoms with E-state index in [-0.39, 0.29) is 16.6 Å². The van der Waals surface area contributed by atoms with Crippen LogP contribution in [0.3, 0.4) is 0 Å². The molecule has 0 aromatic carbocycles. The van der Waals surface area contributed by atoms with Gasteiger partial charge in [0.05, 0.1) is 18.0 Å². The average molecular weight is 370 g/mol. The number of alkyl halides is 3. The number of nitrogens with one attached hydrogen (secondary N) is 1. The Morgan fingerprint density at radius 2 is 2.29 bits per heavy atom. The van der Waals surface area contributed by atoms with Crippen molar-refractivity contribution in [2.75, 3.05) is 11.9 Å². The Kier molecular flexibility index (Phi) is 4.92. The summed E-state index contributed by atoms with van der Waals surface area (Å²) < 4.78 is 42.8. The van der Waals surface area contributed by atoms with Crippen LogP contribution in [0.25, 0.3) is 0 Å². The summed E-state index contributed by atoms with van der Waals surface area (Å²) in [5, 5.41) is 6.70. The summed E-state index contributed by atoms with van der Waals surface area (Å²) in [6, 6.07) is 0.102. The SMILES string of the molecule is CC1CC(Nc2cnn(CC(F)(F)F)c(=O)c2Br)CCO1. The standard InChI is InChI=1S/C12H15BrF3N3O2/c1-7-4-8(2-3-21-7)18-9-5-17-19(6-12(14,15)16)11(20)10(9)13/h5,7-8,18H,2-4,6H2,1H3. The highest BCUT2D eigenvalue weighted by atomic mass is 79.9. The van der Waals surface area contributed by atoms with E-state index in [2.05, 4.69) is 26.3 Å². The van der Waals surface area contributed by atoms with Crippen molar-refractivity contribution >= 4 is 21.6 Å². The molecule has 0 radical (unpaired) electrons. The first-order chi connectivity index (χ1) is 9.76. The Morgan fingerprint density at radius 3 is 2.90 bits per heavy atom. The van der Waals surface area contributed by atoms with Crippen LogP contribution in [0.5, 0.6) is 0 Å². The largest absolute Gasteiger partial charge is 0.408 e. The molecule has 0 bridgehead atoms. The zero-order valence-electron chi connectivity index (χ0n) is 11.3. The highest BCUT2D eigenvalue weighted by molar-refractivity contribution is 9.10. The second kappa shape index (κ2) is 6.35. The van der Waals surface area contributed by atoms with Gasteiger partial charge in [-0.1, -0.05) is 0 Å². The lowest BCUT2D eigenvalue weighted by molar-refractivity contribution is -0.143. The first-order valence-corrected chi connectivity index (χ1v) is 7.26. The normalized spacial score (nSPS) is 23.1. The molecule has 1 aromatic rings. The molecule has 0 saturated carbocycles. The quantitative estimate of drug-likeness (QED) is 0.889. The summed E-state index contributed by atoms with van der Waals surface area (Å²) >= 11 is 3.05. The number of hydrogen-bond donors (Lipinski definition) is 1. The van der Waals surface area contributed by atoms with Gasteiger partial charge in [0.15, 0.2) is 0 Å². The molecule has 5 nitrogen and oxygen atoms in total. The molecule has 1 aliphatic rings. The molecular weight excluding hydrogens is 355 g/mol. The Bertz CT molecular complexity index is 562. The Hall–Kier alpha value is -1.09. The van der Waals surface area contributed by atoms with E-state index < -0.39 is 18.3 Å². The number of anilines is 1. The molecule has 9 heteroatoms. The van der Waals surface area contributed by atoms with Crippen molar-refractivity contribution in [1.82, 2.24) is 9.78 Å². The number of hydrogen-bond acceptors (Lipinski definition) is 4. The Morgan fingerprint density at radius 1 is 1.57 bits per heavy atom. The predicted octanol–water partition coefficient (Wildman–Crippen LogP) is 2.55. The van der Waals surface area contributed by atoms with Crippen LogP contribution in [0.4, 0.5) is 18.9 Å². The minimum Gasteiger partial charge on any atom is -0.380 e. The molecule has 0 spiro atoms. The summed E-state index contributed by atoms with van der Waals surface area (Å²) in [5.41, 5.74) is -0.407. The molecule has 1 saturated heterocycles. The molecule has 2 unspecified atom stereocenters. The van der Waals surface area contributed by atoms with Gasteiger partial charge < -0.3 is 10.1 Å². The molecule has 1 aliphatic heterocycles. The molecule has 1 fully saturated rings. The lowest BCUT2D eigenvalue weighted by Gasteiger charge is -2.28. The van der Waals surface area contributed by atoms with E-state index in [1.165, 1.54) is 6.20 Å². The van der Waals surface area contributed by atoms with Crippen LogP contribution in [0, 0.1) is 0 Å². The molecular formula is C12H15BrF3N3O2. The molecule has 21 heavy (non-hydrogen) atoms. The first kappa shape index (κ1) is 16.3. The van der Waals surface area contributed by atoms with E-state index in [0.29, 0.717) is 17.0 Å². The Balaban J connectivity index is 2.15. The Labute approximate surface area is 127 Å². The van der Waals surface area contributed by atoms with Crippen LogP contribution in [-0.4, -0.2) is 34.7 Å². The molecule has 0 amide bonds. The van der Waals surface area contributed by atoms with Crippen LogP contribution >= 0.6 is 15.9 Å². The van der Waals surface area contributed by atoms with Gasteiger partial charge in [0.25, 0.3) is 5.56 Å². The molecule has 0 aliphatic carbocycles. The number of aromatic nitrogens is 2. The molecule has 1 N–H and O–H groups in total. The molecule has 2 rings (SSSR count). The topological polar surface area (TPSA) is 56.2 Å². The molecule has 2 atom stereocenters. The van der Waals surface area contributed by atoms with E-state index in [1.807, 2.05) is 6.92 Å². The molecule has 118 valence electrons. The first-order valence-electron chi connectivity index (χ1n) is 6.47. The summed E-state index contributed by atoms with van der Waals surface area (Å²) in [7, 11) is 0. The second-order valence-corrected chi connectivity index (χ2v) is 5.79. The predicted molar refractivity (Wildman–Crippen MR) is 74.3 cm³/mol. The maximum atomic E-state index is 12.3. The van der Waals surface area contributed by atoms with Gasteiger partial charge in [-0.3, -0.25) is 4.79 Å². The summed E-state index contributed by atoms with van der Waals surface area (Å²) in [6.07, 6.45) is -1.62. The van der Waals surface area contributed by atoms with Crippen molar-refractivity contribution in [3.63, 3.8) is 0 Å². The highest BCUT2D eigenvalue weighted by Crippen LogP contribution is 2.23. The van der Waals surface area contributed by atoms with Gasteiger partial charge in [0.2, 0.25) is 0 Å². The van der Waals surface area contributed by atoms with Gasteiger partial charge in [0.1, 0.15) is 11.0 Å². The number of ether oxygens (including phenoxy) is 1. The van der Waals surface area contributed by atoms with Gasteiger partial charge in [-0.05, 0) is 35.7 Å². The van der Waals surface area contributed by atoms with Gasteiger partial charge >= 0.3 is 6.18 Å². The van der Waals surface area contributed by atoms with Crippen LogP contribution in [0.1, 0.15) is 19.8 Å². The monoisotopic (exact) mass is 369 g/mol. The van der Waals surface area contributed by atoms with Gasteiger partial charge in [-0.2, -0.15) is 18.3 Å². The summed E-state index contributed by atoms with van der Waals surface area (Å²) in [4.78, 5) is 11.9. The van der Waals surface area contributed by atoms with Gasteiger partial charge in [-0.15, -0.1) is 0 Å². The maximum Gasteiger partial charge on any atom is 0.408 e. The van der Waals surface area contributed by atoms with Gasteiger partial charge in [0, 0.05) is 12.6 Å². The van der Waals surface area contributed by atoms with E-state index >= 15 is 0 Å². The summed E-state index contributed by atoms with van der Waals surface area (Å²) in [6.45, 7) is 1.15. The van der Waals surface area contributed by atoms with E-state index in [4.69, 9.17) is 4.74 Å². The minimum atomic E-state index is -4.48. The number of rotatable bonds is 3. The fourth-order valence-electron chi connectivity index (χ4n) is 2.20. The minimum absolute atomic E-state index is 0.0564. The number of nitrogens with zero attached hydrogens (tertiary/aromatic N) is 2. The van der Waals surface area contributed by atoms with E-state index in [0.717, 1.165) is 12.8 Å². The van der Waals surface area contributed by atoms with Crippen molar-refractivity contribution in [2.24, 2.45) is 0 Å². The van der Waals surface area contributed by atoms with Gasteiger partial charge in [-0.25, -0.2) is 4.68 Å². The van der Waals surface area contributed by atoms with Crippen LogP contribution in [0.15, 0.2) is 15.5 Å². The maximum absolute atomic E-state index is 12.3. The van der Waals surface area contributed by atoms with Crippen LogP contribution in [0.2, 0.25) is 0 Å². The third-order valence-electron chi connectivity index (χ3n) is 3.16. The smallest absolute Gasteiger partial charge is 0.380 e. The van der Waals surface area contributed by atoms with Crippen molar-refractivity contribution < 1.29 is 17.9 Å². The summed E-state index contributed by atoms with van der Waals surface area (Å²) in [5.74, 6) is 0. The van der Waals surface area contributed by atoms with Crippen molar-refractivity contribution in [1.29, 1.82) is 0 Å². The highest BCUT2D eigenvalue weighted by Gasteiger charge is 2.30. The van der Waals surface area contributed by atoms with Crippen molar-refractivity contribution in [3.8, 4) is 0 Å². The molecule has 2 heterocycles. The second-order valence-electron chi connectivity index (χ2n) is 5.00. The van der Waals surface area contributed by atoms with E-state index in [1.54, 1.807) is 0 Å². The third kappa shape index (κ3) is 4.44. The van der Waals surface area contributed by atoms with Crippen molar-refractivity contribution in [3.05, 3.63) is 21.0 Å².